The fourth-order valence-electron chi connectivity index (χ4n) is 1.99. The maximum absolute atomic E-state index is 9.23. The van der Waals surface area contributed by atoms with Crippen LogP contribution in [0.3, 0.4) is 0 Å². The quantitative estimate of drug-likeness (QED) is 0.726. The highest BCUT2D eigenvalue weighted by molar-refractivity contribution is 5.30. The van der Waals surface area contributed by atoms with Crippen molar-refractivity contribution in [3.63, 3.8) is 0 Å². The zero-order valence-electron chi connectivity index (χ0n) is 10.6. The van der Waals surface area contributed by atoms with E-state index in [4.69, 9.17) is 0 Å². The molecule has 0 radical (unpaired) electrons. The number of benzene rings is 1. The monoisotopic (exact) mass is 258 g/mol. The van der Waals surface area contributed by atoms with E-state index in [0.717, 1.165) is 11.1 Å². The first-order chi connectivity index (χ1) is 9.35. The Bertz CT molecular complexity index is 433. The molecule has 2 rings (SSSR count). The second-order valence-electron chi connectivity index (χ2n) is 4.35. The summed E-state index contributed by atoms with van der Waals surface area (Å²) >= 11 is 0. The predicted molar refractivity (Wildman–Crippen MR) is 73.6 cm³/mol. The molecule has 0 aliphatic rings. The summed E-state index contributed by atoms with van der Waals surface area (Å²) in [5.41, 5.74) is 2.13. The van der Waals surface area contributed by atoms with Crippen LogP contribution >= 0.6 is 0 Å². The van der Waals surface area contributed by atoms with Crippen molar-refractivity contribution in [1.29, 1.82) is 0 Å². The van der Waals surface area contributed by atoms with E-state index in [1.165, 1.54) is 0 Å². The summed E-state index contributed by atoms with van der Waals surface area (Å²) in [5.74, 6) is 0. The molecule has 2 aromatic rings. The van der Waals surface area contributed by atoms with Crippen LogP contribution in [0.15, 0.2) is 54.9 Å². The lowest BCUT2D eigenvalue weighted by atomic mass is 9.99. The number of aromatic nitrogens is 1. The van der Waals surface area contributed by atoms with Crippen LogP contribution in [-0.2, 0) is 0 Å². The molecule has 4 heteroatoms. The topological polar surface area (TPSA) is 65.4 Å². The van der Waals surface area contributed by atoms with E-state index in [1.807, 2.05) is 42.5 Å². The Balaban J connectivity index is 2.29. The van der Waals surface area contributed by atoms with Gasteiger partial charge in [0.25, 0.3) is 0 Å². The molecule has 1 unspecified atom stereocenters. The standard InChI is InChI=1S/C15H18N2O2/c18-10-14(11-19)17-15(12-4-2-1-3-5-12)13-6-8-16-9-7-13/h1-9,14-15,17-19H,10-11H2. The van der Waals surface area contributed by atoms with Crippen molar-refractivity contribution >= 4 is 0 Å². The second-order valence-corrected chi connectivity index (χ2v) is 4.35. The smallest absolute Gasteiger partial charge is 0.0607 e. The lowest BCUT2D eigenvalue weighted by Crippen LogP contribution is -2.38. The first kappa shape index (κ1) is 13.7. The van der Waals surface area contributed by atoms with E-state index in [0.29, 0.717) is 0 Å². The average molecular weight is 258 g/mol. The van der Waals surface area contributed by atoms with Gasteiger partial charge in [-0.25, -0.2) is 0 Å². The minimum Gasteiger partial charge on any atom is -0.395 e. The number of aliphatic hydroxyl groups is 2. The summed E-state index contributed by atoms with van der Waals surface area (Å²) < 4.78 is 0. The highest BCUT2D eigenvalue weighted by Gasteiger charge is 2.17. The molecule has 0 amide bonds. The van der Waals surface area contributed by atoms with Gasteiger partial charge in [0.2, 0.25) is 0 Å². The SMILES string of the molecule is OCC(CO)NC(c1ccccc1)c1ccncc1. The number of aliphatic hydroxyl groups excluding tert-OH is 2. The third kappa shape index (κ3) is 3.61. The maximum Gasteiger partial charge on any atom is 0.0607 e. The summed E-state index contributed by atoms with van der Waals surface area (Å²) in [4.78, 5) is 4.01. The third-order valence-electron chi connectivity index (χ3n) is 3.02. The molecule has 0 saturated carbocycles. The molecule has 1 atom stereocenters. The van der Waals surface area contributed by atoms with Gasteiger partial charge in [0, 0.05) is 12.4 Å². The minimum absolute atomic E-state index is 0.0755. The second kappa shape index (κ2) is 6.99. The van der Waals surface area contributed by atoms with Crippen LogP contribution in [0.2, 0.25) is 0 Å². The number of nitrogens with one attached hydrogen (secondary N) is 1. The summed E-state index contributed by atoms with van der Waals surface area (Å²) in [7, 11) is 0. The number of pyridine rings is 1. The maximum atomic E-state index is 9.23. The molecule has 1 aromatic carbocycles. The van der Waals surface area contributed by atoms with E-state index >= 15 is 0 Å². The van der Waals surface area contributed by atoms with E-state index in [1.54, 1.807) is 12.4 Å². The van der Waals surface area contributed by atoms with Crippen LogP contribution in [0.1, 0.15) is 17.2 Å². The van der Waals surface area contributed by atoms with Gasteiger partial charge in [-0.2, -0.15) is 0 Å². The highest BCUT2D eigenvalue weighted by Crippen LogP contribution is 2.21. The van der Waals surface area contributed by atoms with Crippen molar-refractivity contribution in [3.8, 4) is 0 Å². The van der Waals surface area contributed by atoms with Crippen LogP contribution in [-0.4, -0.2) is 34.5 Å². The normalized spacial score (nSPS) is 12.6. The van der Waals surface area contributed by atoms with Gasteiger partial charge in [0.1, 0.15) is 0 Å². The zero-order valence-corrected chi connectivity index (χ0v) is 10.6. The minimum atomic E-state index is -0.349. The number of nitrogens with zero attached hydrogens (tertiary/aromatic N) is 1. The molecule has 0 aliphatic carbocycles. The van der Waals surface area contributed by atoms with Gasteiger partial charge in [-0.3, -0.25) is 10.3 Å². The summed E-state index contributed by atoms with van der Waals surface area (Å²) in [6.07, 6.45) is 3.47. The van der Waals surface area contributed by atoms with E-state index in [9.17, 15) is 10.2 Å². The van der Waals surface area contributed by atoms with Gasteiger partial charge in [-0.1, -0.05) is 30.3 Å². The van der Waals surface area contributed by atoms with Crippen LogP contribution < -0.4 is 5.32 Å². The van der Waals surface area contributed by atoms with Crippen molar-refractivity contribution in [1.82, 2.24) is 10.3 Å². The molecule has 1 heterocycles. The van der Waals surface area contributed by atoms with Gasteiger partial charge >= 0.3 is 0 Å². The van der Waals surface area contributed by atoms with Crippen LogP contribution in [0.5, 0.6) is 0 Å². The predicted octanol–water partition coefficient (Wildman–Crippen LogP) is 1.11. The van der Waals surface area contributed by atoms with Crippen molar-refractivity contribution < 1.29 is 10.2 Å². The van der Waals surface area contributed by atoms with Gasteiger partial charge in [0.05, 0.1) is 25.3 Å². The number of hydrogen-bond acceptors (Lipinski definition) is 4. The summed E-state index contributed by atoms with van der Waals surface area (Å²) in [6.45, 7) is -0.212. The molecule has 4 nitrogen and oxygen atoms in total. The van der Waals surface area contributed by atoms with Gasteiger partial charge in [-0.15, -0.1) is 0 Å². The first-order valence-electron chi connectivity index (χ1n) is 6.27. The van der Waals surface area contributed by atoms with Crippen LogP contribution in [0, 0.1) is 0 Å². The highest BCUT2D eigenvalue weighted by atomic mass is 16.3. The van der Waals surface area contributed by atoms with Crippen molar-refractivity contribution in [2.24, 2.45) is 0 Å². The summed E-state index contributed by atoms with van der Waals surface area (Å²) in [5, 5.41) is 21.7. The average Bonchev–Trinajstić information content (AvgIpc) is 2.50. The van der Waals surface area contributed by atoms with Gasteiger partial charge in [0.15, 0.2) is 0 Å². The molecule has 0 saturated heterocycles. The van der Waals surface area contributed by atoms with Crippen molar-refractivity contribution in [2.75, 3.05) is 13.2 Å². The lowest BCUT2D eigenvalue weighted by molar-refractivity contribution is 0.165. The van der Waals surface area contributed by atoms with E-state index < -0.39 is 0 Å². The van der Waals surface area contributed by atoms with Gasteiger partial charge in [-0.05, 0) is 23.3 Å². The number of hydrogen-bond donors (Lipinski definition) is 3. The Morgan fingerprint density at radius 2 is 1.47 bits per heavy atom. The molecule has 0 spiro atoms. The molecule has 19 heavy (non-hydrogen) atoms. The molecule has 1 aromatic heterocycles. The molecular formula is C15H18N2O2. The Morgan fingerprint density at radius 1 is 0.895 bits per heavy atom. The fraction of sp³-hybridized carbons (Fsp3) is 0.267. The third-order valence-corrected chi connectivity index (χ3v) is 3.02. The fourth-order valence-corrected chi connectivity index (χ4v) is 1.99. The van der Waals surface area contributed by atoms with Crippen LogP contribution in [0.4, 0.5) is 0 Å². The number of rotatable bonds is 6. The van der Waals surface area contributed by atoms with E-state index in [2.05, 4.69) is 10.3 Å². The van der Waals surface area contributed by atoms with E-state index in [-0.39, 0.29) is 25.3 Å². The van der Waals surface area contributed by atoms with Crippen LogP contribution in [0.25, 0.3) is 0 Å². The van der Waals surface area contributed by atoms with Crippen molar-refractivity contribution in [3.05, 3.63) is 66.0 Å². The Kier molecular flexibility index (Phi) is 5.03. The largest absolute Gasteiger partial charge is 0.395 e. The Morgan fingerprint density at radius 3 is 2.05 bits per heavy atom. The first-order valence-corrected chi connectivity index (χ1v) is 6.27. The molecule has 3 N–H and O–H groups in total. The molecular weight excluding hydrogens is 240 g/mol. The van der Waals surface area contributed by atoms with Crippen molar-refractivity contribution in [2.45, 2.75) is 12.1 Å². The Hall–Kier alpha value is -1.75. The zero-order chi connectivity index (χ0) is 13.5. The molecule has 0 bridgehead atoms. The Labute approximate surface area is 112 Å². The van der Waals surface area contributed by atoms with Gasteiger partial charge < -0.3 is 10.2 Å². The molecule has 0 fully saturated rings. The lowest BCUT2D eigenvalue weighted by Gasteiger charge is -2.24. The molecule has 0 aliphatic heterocycles. The molecule has 100 valence electrons. The summed E-state index contributed by atoms with van der Waals surface area (Å²) in [6, 6.07) is 13.4.